The summed E-state index contributed by atoms with van der Waals surface area (Å²) in [5, 5.41) is 2.88. The summed E-state index contributed by atoms with van der Waals surface area (Å²) in [4.78, 5) is 0. The molecule has 0 spiro atoms. The van der Waals surface area contributed by atoms with Crippen molar-refractivity contribution in [3.05, 3.63) is 151 Å². The van der Waals surface area contributed by atoms with E-state index in [1.165, 1.54) is 22.3 Å². The Bertz CT molecular complexity index is 1170. The summed E-state index contributed by atoms with van der Waals surface area (Å²) in [6.07, 6.45) is 1.97. The summed E-state index contributed by atoms with van der Waals surface area (Å²) < 4.78 is 0. The van der Waals surface area contributed by atoms with Gasteiger partial charge in [-0.25, -0.2) is 0 Å². The number of benzene rings is 4. The van der Waals surface area contributed by atoms with Crippen LogP contribution in [0, 0.1) is 0 Å². The summed E-state index contributed by atoms with van der Waals surface area (Å²) in [6, 6.07) is 32.2. The van der Waals surface area contributed by atoms with E-state index in [4.69, 9.17) is 46.4 Å². The van der Waals surface area contributed by atoms with Crippen LogP contribution in [0.3, 0.4) is 0 Å². The summed E-state index contributed by atoms with van der Waals surface area (Å²) in [6.45, 7) is 0. The summed E-state index contributed by atoms with van der Waals surface area (Å²) >= 11 is 24.8. The van der Waals surface area contributed by atoms with Gasteiger partial charge in [0.05, 0.1) is 0 Å². The highest BCUT2D eigenvalue weighted by molar-refractivity contribution is 6.31. The van der Waals surface area contributed by atoms with Gasteiger partial charge in [0, 0.05) is 20.1 Å². The lowest BCUT2D eigenvalue weighted by molar-refractivity contribution is 0.830. The average molecular weight is 522 g/mol. The molecule has 1 saturated carbocycles. The van der Waals surface area contributed by atoms with E-state index in [1.54, 1.807) is 0 Å². The van der Waals surface area contributed by atoms with Gasteiger partial charge in [-0.3, -0.25) is 0 Å². The van der Waals surface area contributed by atoms with Crippen LogP contribution < -0.4 is 0 Å². The molecule has 0 N–H and O–H groups in total. The highest BCUT2D eigenvalue weighted by Gasteiger charge is 2.27. The molecule has 4 heteroatoms. The van der Waals surface area contributed by atoms with Crippen molar-refractivity contribution in [2.75, 3.05) is 0 Å². The molecule has 1 aliphatic carbocycles. The highest BCUT2D eigenvalue weighted by atomic mass is 35.5. The molecule has 0 saturated heterocycles. The lowest BCUT2D eigenvalue weighted by Gasteiger charge is -2.31. The van der Waals surface area contributed by atoms with Crippen LogP contribution in [0.1, 0.15) is 35.1 Å². The third kappa shape index (κ3) is 4.83. The molecule has 1 aliphatic rings. The number of hydrogen-bond donors (Lipinski definition) is 0. The molecule has 34 heavy (non-hydrogen) atoms. The Labute approximate surface area is 220 Å². The highest BCUT2D eigenvalue weighted by Crippen LogP contribution is 2.47. The van der Waals surface area contributed by atoms with E-state index in [1.807, 2.05) is 48.5 Å². The quantitative estimate of drug-likeness (QED) is 0.250. The smallest absolute Gasteiger partial charge is 0.0406 e. The standard InChI is InChI=1S/C30H20Cl4/c31-23-9-1-19(2-10-23)29(20-3-11-24(32)12-4-20)27-17-18-28(27)30(21-5-13-25(33)14-6-21)22-7-15-26(34)16-8-22/h1-16H,17-18H2. The van der Waals surface area contributed by atoms with Crippen LogP contribution in [0.5, 0.6) is 0 Å². The van der Waals surface area contributed by atoms with Crippen molar-refractivity contribution >= 4 is 57.5 Å². The fourth-order valence-electron chi connectivity index (χ4n) is 4.42. The minimum absolute atomic E-state index is 0.719. The first-order valence-corrected chi connectivity index (χ1v) is 12.5. The SMILES string of the molecule is Clc1ccc(C(=C2CCC2=C(c2ccc(Cl)cc2)c2ccc(Cl)cc2)c2ccc(Cl)cc2)cc1. The van der Waals surface area contributed by atoms with E-state index in [0.717, 1.165) is 55.2 Å². The molecule has 0 amide bonds. The fourth-order valence-corrected chi connectivity index (χ4v) is 4.93. The normalized spacial score (nSPS) is 12.9. The van der Waals surface area contributed by atoms with E-state index < -0.39 is 0 Å². The van der Waals surface area contributed by atoms with Gasteiger partial charge in [-0.1, -0.05) is 94.9 Å². The number of allylic oxidation sites excluding steroid dienone is 2. The van der Waals surface area contributed by atoms with Crippen LogP contribution in [-0.2, 0) is 0 Å². The predicted molar refractivity (Wildman–Crippen MR) is 147 cm³/mol. The monoisotopic (exact) mass is 520 g/mol. The average Bonchev–Trinajstić information content (AvgIpc) is 2.83. The lowest BCUT2D eigenvalue weighted by atomic mass is 9.73. The first-order chi connectivity index (χ1) is 16.5. The molecule has 168 valence electrons. The van der Waals surface area contributed by atoms with Crippen molar-refractivity contribution in [1.82, 2.24) is 0 Å². The van der Waals surface area contributed by atoms with Gasteiger partial charge in [0.1, 0.15) is 0 Å². The van der Waals surface area contributed by atoms with Crippen LogP contribution in [0.25, 0.3) is 11.1 Å². The molecule has 0 atom stereocenters. The maximum Gasteiger partial charge on any atom is 0.0406 e. The zero-order valence-electron chi connectivity index (χ0n) is 18.2. The molecule has 4 aromatic carbocycles. The van der Waals surface area contributed by atoms with E-state index >= 15 is 0 Å². The van der Waals surface area contributed by atoms with Gasteiger partial charge in [-0.15, -0.1) is 0 Å². The molecular weight excluding hydrogens is 502 g/mol. The van der Waals surface area contributed by atoms with Crippen molar-refractivity contribution in [2.24, 2.45) is 0 Å². The molecule has 5 rings (SSSR count). The second-order valence-corrected chi connectivity index (χ2v) is 9.98. The second-order valence-electron chi connectivity index (χ2n) is 8.23. The molecule has 0 unspecified atom stereocenters. The number of rotatable bonds is 4. The van der Waals surface area contributed by atoms with E-state index in [9.17, 15) is 0 Å². The van der Waals surface area contributed by atoms with Gasteiger partial charge in [-0.2, -0.15) is 0 Å². The van der Waals surface area contributed by atoms with Crippen molar-refractivity contribution in [2.45, 2.75) is 12.8 Å². The van der Waals surface area contributed by atoms with Crippen molar-refractivity contribution in [3.8, 4) is 0 Å². The van der Waals surface area contributed by atoms with Crippen LogP contribution in [0.4, 0.5) is 0 Å². The van der Waals surface area contributed by atoms with Crippen LogP contribution >= 0.6 is 46.4 Å². The zero-order valence-corrected chi connectivity index (χ0v) is 21.2. The molecule has 0 radical (unpaired) electrons. The minimum Gasteiger partial charge on any atom is -0.0843 e. The Morgan fingerprint density at radius 2 is 0.559 bits per heavy atom. The molecule has 0 aromatic heterocycles. The van der Waals surface area contributed by atoms with Crippen LogP contribution in [0.2, 0.25) is 20.1 Å². The molecule has 0 heterocycles. The van der Waals surface area contributed by atoms with Gasteiger partial charge in [-0.05, 0) is 106 Å². The van der Waals surface area contributed by atoms with Crippen LogP contribution in [0.15, 0.2) is 108 Å². The van der Waals surface area contributed by atoms with Crippen LogP contribution in [-0.4, -0.2) is 0 Å². The topological polar surface area (TPSA) is 0 Å². The summed E-state index contributed by atoms with van der Waals surface area (Å²) in [5.41, 5.74) is 9.58. The van der Waals surface area contributed by atoms with Gasteiger partial charge in [0.25, 0.3) is 0 Å². The van der Waals surface area contributed by atoms with Crippen molar-refractivity contribution in [1.29, 1.82) is 0 Å². The van der Waals surface area contributed by atoms with Gasteiger partial charge in [0.2, 0.25) is 0 Å². The molecule has 0 aliphatic heterocycles. The predicted octanol–water partition coefficient (Wildman–Crippen LogP) is 10.4. The van der Waals surface area contributed by atoms with Crippen molar-refractivity contribution < 1.29 is 0 Å². The number of hydrogen-bond acceptors (Lipinski definition) is 0. The van der Waals surface area contributed by atoms with Crippen molar-refractivity contribution in [3.63, 3.8) is 0 Å². The number of halogens is 4. The second kappa shape index (κ2) is 10.0. The van der Waals surface area contributed by atoms with Gasteiger partial charge < -0.3 is 0 Å². The maximum atomic E-state index is 6.21. The Hall–Kier alpha value is -2.48. The zero-order chi connectivity index (χ0) is 23.7. The summed E-state index contributed by atoms with van der Waals surface area (Å²) in [7, 11) is 0. The Morgan fingerprint density at radius 1 is 0.353 bits per heavy atom. The van der Waals surface area contributed by atoms with Gasteiger partial charge >= 0.3 is 0 Å². The Balaban J connectivity index is 1.77. The van der Waals surface area contributed by atoms with E-state index in [2.05, 4.69) is 48.5 Å². The lowest BCUT2D eigenvalue weighted by Crippen LogP contribution is -2.11. The molecule has 4 aromatic rings. The minimum atomic E-state index is 0.719. The largest absolute Gasteiger partial charge is 0.0843 e. The third-order valence-corrected chi connectivity index (χ3v) is 7.13. The first kappa shape index (κ1) is 23.3. The maximum absolute atomic E-state index is 6.21. The van der Waals surface area contributed by atoms with E-state index in [-0.39, 0.29) is 0 Å². The van der Waals surface area contributed by atoms with E-state index in [0.29, 0.717) is 0 Å². The first-order valence-electron chi connectivity index (χ1n) is 11.0. The molecule has 0 nitrogen and oxygen atoms in total. The summed E-state index contributed by atoms with van der Waals surface area (Å²) in [5.74, 6) is 0. The fraction of sp³-hybridized carbons (Fsp3) is 0.0667. The molecule has 0 bridgehead atoms. The molecule has 1 fully saturated rings. The van der Waals surface area contributed by atoms with Gasteiger partial charge in [0.15, 0.2) is 0 Å². The third-order valence-electron chi connectivity index (χ3n) is 6.12. The Kier molecular flexibility index (Phi) is 6.86. The molecular formula is C30H20Cl4. The Morgan fingerprint density at radius 3 is 0.735 bits per heavy atom.